The molecule has 0 aliphatic carbocycles. The van der Waals surface area contributed by atoms with Gasteiger partial charge in [0.15, 0.2) is 35.5 Å². The van der Waals surface area contributed by atoms with Gasteiger partial charge in [-0.25, -0.2) is 36.0 Å². The quantitative estimate of drug-likeness (QED) is 0.0201. The second-order valence-corrected chi connectivity index (χ2v) is 34.4. The number of carbonyl (C=O) groups excluding carboxylic acids is 5. The van der Waals surface area contributed by atoms with E-state index in [4.69, 9.17) is 61.4 Å². The van der Waals surface area contributed by atoms with Crippen LogP contribution < -0.4 is 43.1 Å². The normalized spacial score (nSPS) is 19.4. The predicted octanol–water partition coefficient (Wildman–Crippen LogP) is 14.9. The van der Waals surface area contributed by atoms with Crippen LogP contribution in [0.25, 0.3) is 32.7 Å². The number of alkyl halides is 2. The first kappa shape index (κ1) is 84.9. The second kappa shape index (κ2) is 37.4. The second-order valence-electron chi connectivity index (χ2n) is 30.0. The lowest BCUT2D eigenvalue weighted by molar-refractivity contribution is -0.196. The molecule has 626 valence electrons. The molecule has 26 nitrogen and oxygen atoms in total. The molecule has 4 N–H and O–H groups in total. The van der Waals surface area contributed by atoms with Crippen LogP contribution in [0.1, 0.15) is 138 Å². The van der Waals surface area contributed by atoms with Gasteiger partial charge in [-0.2, -0.15) is 0 Å². The molecule has 6 atom stereocenters. The Hall–Kier alpha value is -10.6. The number of nitrogens with one attached hydrogen (secondary N) is 2. The van der Waals surface area contributed by atoms with E-state index in [2.05, 4.69) is 16.0 Å². The summed E-state index contributed by atoms with van der Waals surface area (Å²) in [6.07, 6.45) is 12.3. The number of phenols is 2. The molecule has 119 heavy (non-hydrogen) atoms. The molecular formula is C89H96Cl2N8O18S2. The van der Waals surface area contributed by atoms with Gasteiger partial charge in [0, 0.05) is 110 Å². The number of carbonyl (C=O) groups is 5. The van der Waals surface area contributed by atoms with Gasteiger partial charge in [0.05, 0.1) is 83.2 Å². The number of nitrogens with zero attached hydrogens (tertiary/aromatic N) is 6. The van der Waals surface area contributed by atoms with Crippen molar-refractivity contribution in [3.05, 3.63) is 192 Å². The third-order valence-electron chi connectivity index (χ3n) is 22.9. The molecular weight excluding hydrogens is 1600 g/mol. The summed E-state index contributed by atoms with van der Waals surface area (Å²) in [6.45, 7) is 6.19. The third kappa shape index (κ3) is 17.9. The van der Waals surface area contributed by atoms with Crippen molar-refractivity contribution >= 4 is 135 Å². The molecule has 7 heterocycles. The fraction of sp³-hybridized carbons (Fsp3) is 0.371. The van der Waals surface area contributed by atoms with E-state index in [1.165, 1.54) is 51.4 Å². The third-order valence-corrected chi connectivity index (χ3v) is 26.5. The van der Waals surface area contributed by atoms with Crippen molar-refractivity contribution in [2.24, 2.45) is 4.99 Å². The van der Waals surface area contributed by atoms with E-state index in [9.17, 15) is 51.0 Å². The molecule has 15 rings (SSSR count). The molecule has 7 aliphatic rings. The maximum atomic E-state index is 14.8. The Labute approximate surface area is 702 Å². The Bertz CT molecular complexity index is 5530. The fourth-order valence-electron chi connectivity index (χ4n) is 16.7. The highest BCUT2D eigenvalue weighted by atomic mass is 35.5. The monoisotopic (exact) mass is 1700 g/mol. The number of phenolic OH excluding ortho intramolecular Hbond substituents is 2. The number of sulfonamides is 2. The fourth-order valence-corrected chi connectivity index (χ4v) is 18.7. The van der Waals surface area contributed by atoms with Gasteiger partial charge < -0.3 is 63.0 Å². The zero-order valence-electron chi connectivity index (χ0n) is 66.6. The molecule has 0 bridgehead atoms. The number of unbranched alkanes of at least 4 members (excludes halogenated alkanes) is 4. The molecule has 1 fully saturated rings. The van der Waals surface area contributed by atoms with E-state index in [0.29, 0.717) is 124 Å². The molecule has 1 saturated heterocycles. The minimum absolute atomic E-state index is 0.000859. The van der Waals surface area contributed by atoms with Crippen LogP contribution in [0.2, 0.25) is 0 Å². The van der Waals surface area contributed by atoms with Crippen molar-refractivity contribution in [1.82, 2.24) is 19.2 Å². The Morgan fingerprint density at radius 1 is 0.605 bits per heavy atom. The van der Waals surface area contributed by atoms with Crippen molar-refractivity contribution in [2.75, 3.05) is 107 Å². The van der Waals surface area contributed by atoms with E-state index in [1.54, 1.807) is 98.6 Å². The number of anilines is 3. The number of fused-ring (bicyclic) bond motifs is 10. The summed E-state index contributed by atoms with van der Waals surface area (Å²) in [4.78, 5) is 83.1. The molecule has 8 aromatic rings. The highest BCUT2D eigenvalue weighted by Gasteiger charge is 2.48. The lowest BCUT2D eigenvalue weighted by Gasteiger charge is -2.42. The van der Waals surface area contributed by atoms with Crippen LogP contribution in [-0.2, 0) is 43.8 Å². The molecule has 0 radical (unpaired) electrons. The number of hydrogen-bond acceptors (Lipinski definition) is 19. The smallest absolute Gasteiger partial charge is 0.416 e. The summed E-state index contributed by atoms with van der Waals surface area (Å²) < 4.78 is 96.3. The Morgan fingerprint density at radius 3 is 1.61 bits per heavy atom. The van der Waals surface area contributed by atoms with Crippen LogP contribution in [0.5, 0.6) is 34.5 Å². The van der Waals surface area contributed by atoms with E-state index in [1.807, 2.05) is 60.7 Å². The van der Waals surface area contributed by atoms with Gasteiger partial charge in [-0.05, 0) is 165 Å². The van der Waals surface area contributed by atoms with Gasteiger partial charge in [0.1, 0.15) is 18.1 Å². The van der Waals surface area contributed by atoms with Crippen LogP contribution in [0.4, 0.5) is 27.5 Å². The van der Waals surface area contributed by atoms with E-state index in [0.717, 1.165) is 79.9 Å². The average Bonchev–Trinajstić information content (AvgIpc) is 1.61. The minimum Gasteiger partial charge on any atom is -0.507 e. The number of ether oxygens (including phenoxy) is 7. The van der Waals surface area contributed by atoms with Crippen LogP contribution in [-0.4, -0.2) is 190 Å². The number of rotatable bonds is 28. The first-order valence-electron chi connectivity index (χ1n) is 40.0. The van der Waals surface area contributed by atoms with Gasteiger partial charge in [-0.3, -0.25) is 24.2 Å². The number of halogens is 2. The minimum atomic E-state index is -3.67. The van der Waals surface area contributed by atoms with Crippen LogP contribution in [0.3, 0.4) is 0 Å². The summed E-state index contributed by atoms with van der Waals surface area (Å²) in [5, 5.41) is 24.8. The molecule has 8 aromatic carbocycles. The number of amides is 5. The standard InChI is InChI=1S/C49H55ClN4O11S.C40H41ClN4O7S/c1-4-22-64-49(58)54-38-28-43(62-23-10-5-6-14-44(56)53-30-33(29-50)46-36-13-8-7-12-35(36)41(55)27-39(46)53)42(61-3)26-37(38)47(57)52-21-20-32(31-16-18-34(19-17-31)66(59,60)51-2)25-40(52)48(54)65-45-15-9-11-24-63-45;1-42-53(49,50)29-13-11-25(12-14-29)26-15-16-44-28(18-26)23-43-33-20-37(36(51-2)19-32(33)40(44)48)52-17-7-3-4-10-38(47)45-24-27(22-41)39-31-9-6-5-8-30(31)35(46)21-34(39)45/h4,7-8,12-13,16-20,26-28,33,40,45,48,51,55H,1,5-6,9-11,14-15,21-25,29-30H2,2-3H3;5-6,8-9,11-15,19-21,23,27-28,42,46H,3-4,7,10,16-18,22,24H2,1-2H3/t33-,40+,45?,48?;27-,28+/m11/s1. The molecule has 0 saturated carbocycles. The lowest BCUT2D eigenvalue weighted by atomic mass is 9.92. The maximum Gasteiger partial charge on any atom is 0.416 e. The van der Waals surface area contributed by atoms with Crippen LogP contribution in [0, 0.1) is 0 Å². The van der Waals surface area contributed by atoms with Gasteiger partial charge >= 0.3 is 6.09 Å². The SMILES string of the molecule is C=CCOC(=O)N1c2cc(OCCCCCC(=O)N3C[C@@H](CCl)c4c3cc(O)c3ccccc43)c(OC)cc2C(=O)N2CC=C(c3ccc(S(=O)(=O)NC)cc3)C[C@H]2C1OC1CCCCO1.CNS(=O)(=O)c1ccc(C2=CCN3C(=O)c4cc(OC)c(OCCCCCC(=O)N5C[C@@H](CCl)c6c5cc(O)c5ccccc65)cc4N=C[C@@H]3C2)cc1. The van der Waals surface area contributed by atoms with Gasteiger partial charge in [-0.1, -0.05) is 97.6 Å². The van der Waals surface area contributed by atoms with Crippen molar-refractivity contribution < 1.29 is 84.2 Å². The zero-order chi connectivity index (χ0) is 83.8. The molecule has 2 unspecified atom stereocenters. The van der Waals surface area contributed by atoms with Gasteiger partial charge in [-0.15, -0.1) is 23.2 Å². The van der Waals surface area contributed by atoms with E-state index < -0.39 is 44.7 Å². The number of aliphatic imine (C=N–C) groups is 1. The van der Waals surface area contributed by atoms with Crippen LogP contribution >= 0.6 is 23.2 Å². The van der Waals surface area contributed by atoms with Crippen LogP contribution in [0.15, 0.2) is 173 Å². The van der Waals surface area contributed by atoms with Gasteiger partial charge in [0.2, 0.25) is 31.9 Å². The Kier molecular flexibility index (Phi) is 26.7. The zero-order valence-corrected chi connectivity index (χ0v) is 69.8. The number of hydrogen-bond donors (Lipinski definition) is 4. The summed E-state index contributed by atoms with van der Waals surface area (Å²) in [5.74, 6) is 1.86. The maximum absolute atomic E-state index is 14.8. The van der Waals surface area contributed by atoms with Crippen molar-refractivity contribution in [3.8, 4) is 34.5 Å². The summed E-state index contributed by atoms with van der Waals surface area (Å²) in [6, 6.07) is 37.4. The number of benzene rings is 8. The predicted molar refractivity (Wildman–Crippen MR) is 458 cm³/mol. The lowest BCUT2D eigenvalue weighted by Crippen LogP contribution is -2.57. The van der Waals surface area contributed by atoms with Gasteiger partial charge in [0.25, 0.3) is 11.8 Å². The molecule has 5 amide bonds. The van der Waals surface area contributed by atoms with E-state index in [-0.39, 0.29) is 118 Å². The van der Waals surface area contributed by atoms with E-state index >= 15 is 0 Å². The largest absolute Gasteiger partial charge is 0.507 e. The molecule has 7 aliphatic heterocycles. The molecule has 0 aromatic heterocycles. The average molecular weight is 1700 g/mol. The summed E-state index contributed by atoms with van der Waals surface area (Å²) >= 11 is 12.7. The first-order chi connectivity index (χ1) is 57.6. The van der Waals surface area contributed by atoms with Crippen molar-refractivity contribution in [1.29, 1.82) is 0 Å². The Balaban J connectivity index is 0.000000200. The summed E-state index contributed by atoms with van der Waals surface area (Å²) in [7, 11) is -1.47. The number of methoxy groups -OCH3 is 2. The van der Waals surface area contributed by atoms with Crippen molar-refractivity contribution in [2.45, 2.75) is 130 Å². The highest BCUT2D eigenvalue weighted by molar-refractivity contribution is 7.89. The Morgan fingerprint density at radius 2 is 1.11 bits per heavy atom. The topological polar surface area (TPSA) is 311 Å². The van der Waals surface area contributed by atoms with Crippen molar-refractivity contribution in [3.63, 3.8) is 0 Å². The first-order valence-corrected chi connectivity index (χ1v) is 44.0. The number of aromatic hydroxyl groups is 2. The summed E-state index contributed by atoms with van der Waals surface area (Å²) in [5.41, 5.74) is 8.20. The molecule has 0 spiro atoms. The molecule has 30 heteroatoms. The highest BCUT2D eigenvalue weighted by Crippen LogP contribution is 2.49.